The summed E-state index contributed by atoms with van der Waals surface area (Å²) in [7, 11) is -3.94. The van der Waals surface area contributed by atoms with Gasteiger partial charge in [-0.1, -0.05) is 41.7 Å². The number of aromatic nitrogens is 2. The summed E-state index contributed by atoms with van der Waals surface area (Å²) in [6.45, 7) is 2.78. The highest BCUT2D eigenvalue weighted by molar-refractivity contribution is 7.89. The molecule has 3 rings (SSSR count). The Kier molecular flexibility index (Phi) is 6.55. The van der Waals surface area contributed by atoms with E-state index in [9.17, 15) is 18.0 Å². The second-order valence-electron chi connectivity index (χ2n) is 6.32. The summed E-state index contributed by atoms with van der Waals surface area (Å²) >= 11 is 1.19. The molecule has 30 heavy (non-hydrogen) atoms. The lowest BCUT2D eigenvalue weighted by Crippen LogP contribution is -2.41. The minimum Gasteiger partial charge on any atom is -0.326 e. The number of rotatable bonds is 7. The Balaban J connectivity index is 1.63. The first kappa shape index (κ1) is 21.6. The Bertz CT molecular complexity index is 1150. The van der Waals surface area contributed by atoms with Crippen LogP contribution >= 0.6 is 11.3 Å². The third-order valence-corrected chi connectivity index (χ3v) is 6.33. The molecule has 0 fully saturated rings. The number of amides is 2. The van der Waals surface area contributed by atoms with Crippen molar-refractivity contribution in [3.63, 3.8) is 0 Å². The molecule has 0 bridgehead atoms. The molecule has 0 saturated heterocycles. The van der Waals surface area contributed by atoms with Gasteiger partial charge in [-0.05, 0) is 31.2 Å². The van der Waals surface area contributed by atoms with E-state index in [1.165, 1.54) is 49.4 Å². The molecule has 3 N–H and O–H groups in total. The second kappa shape index (κ2) is 9.11. The summed E-state index contributed by atoms with van der Waals surface area (Å²) in [5, 5.41) is 14.0. The van der Waals surface area contributed by atoms with E-state index < -0.39 is 22.0 Å². The predicted molar refractivity (Wildman–Crippen MR) is 115 cm³/mol. The fourth-order valence-electron chi connectivity index (χ4n) is 2.46. The Labute approximate surface area is 177 Å². The zero-order valence-electron chi connectivity index (χ0n) is 16.1. The zero-order chi connectivity index (χ0) is 21.7. The molecule has 0 aliphatic carbocycles. The van der Waals surface area contributed by atoms with Crippen LogP contribution in [0.1, 0.15) is 13.8 Å². The lowest BCUT2D eigenvalue weighted by molar-refractivity contribution is -0.117. The number of hydrogen-bond donors (Lipinski definition) is 3. The van der Waals surface area contributed by atoms with E-state index in [4.69, 9.17) is 0 Å². The third-order valence-electron chi connectivity index (χ3n) is 3.89. The maximum Gasteiger partial charge on any atom is 0.244 e. The molecular weight excluding hydrogens is 426 g/mol. The molecule has 0 radical (unpaired) electrons. The Morgan fingerprint density at radius 2 is 1.63 bits per heavy atom. The van der Waals surface area contributed by atoms with Gasteiger partial charge in [-0.2, -0.15) is 4.72 Å². The summed E-state index contributed by atoms with van der Waals surface area (Å²) in [6, 6.07) is 13.9. The van der Waals surface area contributed by atoms with Crippen LogP contribution in [0.5, 0.6) is 0 Å². The minimum absolute atomic E-state index is 0.0291. The van der Waals surface area contributed by atoms with Gasteiger partial charge in [-0.15, -0.1) is 10.2 Å². The number of nitrogens with one attached hydrogen (secondary N) is 3. The van der Waals surface area contributed by atoms with Crippen molar-refractivity contribution in [1.29, 1.82) is 0 Å². The molecule has 2 aromatic carbocycles. The lowest BCUT2D eigenvalue weighted by Gasteiger charge is -2.13. The van der Waals surface area contributed by atoms with E-state index in [2.05, 4.69) is 25.6 Å². The predicted octanol–water partition coefficient (Wildman–Crippen LogP) is 2.47. The first-order valence-electron chi connectivity index (χ1n) is 8.84. The lowest BCUT2D eigenvalue weighted by atomic mass is 10.2. The molecule has 1 aromatic heterocycles. The van der Waals surface area contributed by atoms with Crippen LogP contribution in [-0.2, 0) is 19.6 Å². The van der Waals surface area contributed by atoms with Crippen LogP contribution in [0.3, 0.4) is 0 Å². The van der Waals surface area contributed by atoms with E-state index in [1.54, 1.807) is 0 Å². The quantitative estimate of drug-likeness (QED) is 0.512. The Morgan fingerprint density at radius 1 is 0.967 bits per heavy atom. The van der Waals surface area contributed by atoms with Crippen molar-refractivity contribution < 1.29 is 18.0 Å². The van der Waals surface area contributed by atoms with Gasteiger partial charge >= 0.3 is 0 Å². The van der Waals surface area contributed by atoms with E-state index in [1.807, 2.05) is 30.3 Å². The van der Waals surface area contributed by atoms with Gasteiger partial charge in [0, 0.05) is 18.2 Å². The highest BCUT2D eigenvalue weighted by Crippen LogP contribution is 2.26. The number of sulfonamides is 1. The van der Waals surface area contributed by atoms with Gasteiger partial charge in [0.2, 0.25) is 27.0 Å². The molecule has 2 amide bonds. The van der Waals surface area contributed by atoms with Crippen LogP contribution in [0.15, 0.2) is 59.5 Å². The maximum absolute atomic E-state index is 12.5. The Hall–Kier alpha value is -3.15. The summed E-state index contributed by atoms with van der Waals surface area (Å²) in [5.41, 5.74) is 1.34. The zero-order valence-corrected chi connectivity index (χ0v) is 17.8. The van der Waals surface area contributed by atoms with Gasteiger partial charge in [0.1, 0.15) is 5.01 Å². The largest absolute Gasteiger partial charge is 0.326 e. The number of carbonyl (C=O) groups is 2. The van der Waals surface area contributed by atoms with Gasteiger partial charge in [0.15, 0.2) is 0 Å². The van der Waals surface area contributed by atoms with Crippen LogP contribution in [0, 0.1) is 0 Å². The maximum atomic E-state index is 12.5. The van der Waals surface area contributed by atoms with Crippen molar-refractivity contribution in [2.75, 3.05) is 10.6 Å². The number of carbonyl (C=O) groups excluding carboxylic acids is 2. The Morgan fingerprint density at radius 3 is 2.27 bits per heavy atom. The number of benzene rings is 2. The van der Waals surface area contributed by atoms with Gasteiger partial charge in [0.25, 0.3) is 0 Å². The molecular formula is C19H19N5O4S2. The van der Waals surface area contributed by atoms with E-state index in [-0.39, 0.29) is 15.9 Å². The molecule has 1 heterocycles. The molecule has 0 aliphatic rings. The van der Waals surface area contributed by atoms with Crippen molar-refractivity contribution in [1.82, 2.24) is 14.9 Å². The summed E-state index contributed by atoms with van der Waals surface area (Å²) in [5.74, 6) is -0.828. The molecule has 0 spiro atoms. The van der Waals surface area contributed by atoms with Crippen molar-refractivity contribution >= 4 is 44.0 Å². The van der Waals surface area contributed by atoms with Gasteiger partial charge in [-0.25, -0.2) is 8.42 Å². The summed E-state index contributed by atoms with van der Waals surface area (Å²) in [6.07, 6.45) is 0. The average Bonchev–Trinajstić information content (AvgIpc) is 3.17. The number of anilines is 2. The first-order chi connectivity index (χ1) is 14.2. The summed E-state index contributed by atoms with van der Waals surface area (Å²) in [4.78, 5) is 23.4. The fraction of sp³-hybridized carbons (Fsp3) is 0.158. The van der Waals surface area contributed by atoms with Crippen LogP contribution < -0.4 is 15.4 Å². The molecule has 9 nitrogen and oxygen atoms in total. The standard InChI is InChI=1S/C19H19N5O4S2/c1-12(24-30(27,28)16-10-8-15(9-11-16)20-13(2)25)17(26)21-19-23-22-18(29-19)14-6-4-3-5-7-14/h3-12,24H,1-2H3,(H,20,25)(H,21,23,26)/t12-/m0/s1. The molecule has 1 atom stereocenters. The van der Waals surface area contributed by atoms with E-state index in [0.717, 1.165) is 5.56 Å². The molecule has 156 valence electrons. The monoisotopic (exact) mass is 445 g/mol. The molecule has 0 aliphatic heterocycles. The van der Waals surface area contributed by atoms with Crippen molar-refractivity contribution in [3.8, 4) is 10.6 Å². The second-order valence-corrected chi connectivity index (χ2v) is 9.01. The highest BCUT2D eigenvalue weighted by atomic mass is 32.2. The van der Waals surface area contributed by atoms with Gasteiger partial charge in [-0.3, -0.25) is 14.9 Å². The van der Waals surface area contributed by atoms with Crippen molar-refractivity contribution in [2.24, 2.45) is 0 Å². The average molecular weight is 446 g/mol. The topological polar surface area (TPSA) is 130 Å². The van der Waals surface area contributed by atoms with E-state index >= 15 is 0 Å². The first-order valence-corrected chi connectivity index (χ1v) is 11.1. The molecule has 0 unspecified atom stereocenters. The summed E-state index contributed by atoms with van der Waals surface area (Å²) < 4.78 is 27.4. The third kappa shape index (κ3) is 5.47. The van der Waals surface area contributed by atoms with Crippen LogP contribution in [0.4, 0.5) is 10.8 Å². The van der Waals surface area contributed by atoms with Crippen LogP contribution in [0.25, 0.3) is 10.6 Å². The molecule has 3 aromatic rings. The van der Waals surface area contributed by atoms with Crippen LogP contribution in [0.2, 0.25) is 0 Å². The van der Waals surface area contributed by atoms with Crippen molar-refractivity contribution in [3.05, 3.63) is 54.6 Å². The number of hydrogen-bond acceptors (Lipinski definition) is 7. The number of nitrogens with zero attached hydrogens (tertiary/aromatic N) is 2. The van der Waals surface area contributed by atoms with Crippen LogP contribution in [-0.4, -0.2) is 36.5 Å². The minimum atomic E-state index is -3.94. The molecule has 11 heteroatoms. The van der Waals surface area contributed by atoms with Gasteiger partial charge in [0.05, 0.1) is 10.9 Å². The SMILES string of the molecule is CC(=O)Nc1ccc(S(=O)(=O)N[C@@H](C)C(=O)Nc2nnc(-c3ccccc3)s2)cc1. The molecule has 0 saturated carbocycles. The fourth-order valence-corrected chi connectivity index (χ4v) is 4.41. The van der Waals surface area contributed by atoms with E-state index in [0.29, 0.717) is 10.7 Å². The normalized spacial score (nSPS) is 12.2. The van der Waals surface area contributed by atoms with Gasteiger partial charge < -0.3 is 5.32 Å². The smallest absolute Gasteiger partial charge is 0.244 e. The highest BCUT2D eigenvalue weighted by Gasteiger charge is 2.23. The van der Waals surface area contributed by atoms with Crippen molar-refractivity contribution in [2.45, 2.75) is 24.8 Å².